The Morgan fingerprint density at radius 1 is 1.18 bits per heavy atom. The molecule has 2 heterocycles. The number of aromatic nitrogens is 3. The van der Waals surface area contributed by atoms with E-state index in [1.54, 1.807) is 36.6 Å². The maximum absolute atomic E-state index is 12.5. The quantitative estimate of drug-likeness (QED) is 0.496. The highest BCUT2D eigenvalue weighted by molar-refractivity contribution is 5.93. The Hall–Kier alpha value is -3.88. The Morgan fingerprint density at radius 3 is 2.71 bits per heavy atom. The Kier molecular flexibility index (Phi) is 7.41. The summed E-state index contributed by atoms with van der Waals surface area (Å²) in [7, 11) is 1.73. The summed E-state index contributed by atoms with van der Waals surface area (Å²) in [5.74, 6) is 1.07. The van der Waals surface area contributed by atoms with E-state index < -0.39 is 0 Å². The summed E-state index contributed by atoms with van der Waals surface area (Å²) in [6, 6.07) is 13.3. The molecule has 4 rings (SSSR count). The van der Waals surface area contributed by atoms with Crippen LogP contribution in [0, 0.1) is 12.8 Å². The molecule has 1 N–H and O–H groups in total. The summed E-state index contributed by atoms with van der Waals surface area (Å²) in [5, 5.41) is 7.06. The van der Waals surface area contributed by atoms with E-state index in [0.29, 0.717) is 37.6 Å². The van der Waals surface area contributed by atoms with E-state index in [9.17, 15) is 9.59 Å². The van der Waals surface area contributed by atoms with Crippen LogP contribution in [0.1, 0.15) is 18.4 Å². The van der Waals surface area contributed by atoms with Crippen LogP contribution in [0.5, 0.6) is 11.6 Å². The van der Waals surface area contributed by atoms with Gasteiger partial charge in [-0.25, -0.2) is 4.98 Å². The van der Waals surface area contributed by atoms with Crippen LogP contribution < -0.4 is 14.8 Å². The van der Waals surface area contributed by atoms with E-state index >= 15 is 0 Å². The smallest absolute Gasteiger partial charge is 0.244 e. The van der Waals surface area contributed by atoms with Gasteiger partial charge in [0.25, 0.3) is 0 Å². The molecule has 9 heteroatoms. The average Bonchev–Trinajstić information content (AvgIpc) is 3.24. The Bertz CT molecular complexity index is 1090. The molecule has 178 valence electrons. The third kappa shape index (κ3) is 6.34. The minimum absolute atomic E-state index is 0.00322. The van der Waals surface area contributed by atoms with Crippen molar-refractivity contribution >= 4 is 17.5 Å². The van der Waals surface area contributed by atoms with Crippen molar-refractivity contribution in [3.05, 3.63) is 66.6 Å². The van der Waals surface area contributed by atoms with Gasteiger partial charge in [0.2, 0.25) is 17.7 Å². The fraction of sp³-hybridized carbons (Fsp3) is 0.360. The van der Waals surface area contributed by atoms with Gasteiger partial charge in [-0.2, -0.15) is 5.10 Å². The molecular weight excluding hydrogens is 434 g/mol. The van der Waals surface area contributed by atoms with Gasteiger partial charge < -0.3 is 19.7 Å². The highest BCUT2D eigenvalue weighted by atomic mass is 16.5. The van der Waals surface area contributed by atoms with Crippen molar-refractivity contribution in [3.63, 3.8) is 0 Å². The number of anilines is 1. The zero-order chi connectivity index (χ0) is 23.9. The number of amides is 2. The van der Waals surface area contributed by atoms with E-state index in [-0.39, 0.29) is 30.4 Å². The Labute approximate surface area is 198 Å². The molecule has 0 atom stereocenters. The molecule has 1 fully saturated rings. The highest BCUT2D eigenvalue weighted by Gasteiger charge is 2.36. The summed E-state index contributed by atoms with van der Waals surface area (Å²) in [6.45, 7) is 2.96. The fourth-order valence-corrected chi connectivity index (χ4v) is 3.54. The van der Waals surface area contributed by atoms with E-state index in [1.807, 2.05) is 43.3 Å². The molecule has 3 aromatic rings. The van der Waals surface area contributed by atoms with Crippen molar-refractivity contribution in [3.8, 4) is 11.6 Å². The average molecular weight is 464 g/mol. The van der Waals surface area contributed by atoms with Crippen LogP contribution in [0.3, 0.4) is 0 Å². The maximum Gasteiger partial charge on any atom is 0.244 e. The van der Waals surface area contributed by atoms with Crippen LogP contribution in [-0.4, -0.2) is 57.8 Å². The minimum Gasteiger partial charge on any atom is -0.492 e. The predicted molar refractivity (Wildman–Crippen MR) is 127 cm³/mol. The van der Waals surface area contributed by atoms with Crippen molar-refractivity contribution in [1.82, 2.24) is 19.7 Å². The Morgan fingerprint density at radius 2 is 1.97 bits per heavy atom. The SMILES string of the molecule is Cc1ccc(OCCN(C)C(=O)Cn2cc(NC(=O)C3CC(Oc4ccccn4)C3)cn2)cc1. The summed E-state index contributed by atoms with van der Waals surface area (Å²) in [4.78, 5) is 30.7. The second-order valence-corrected chi connectivity index (χ2v) is 8.47. The number of hydrogen-bond donors (Lipinski definition) is 1. The number of pyridine rings is 1. The van der Waals surface area contributed by atoms with Gasteiger partial charge in [0.05, 0.1) is 18.4 Å². The molecule has 0 spiro atoms. The first kappa shape index (κ1) is 23.3. The highest BCUT2D eigenvalue weighted by Crippen LogP contribution is 2.31. The maximum atomic E-state index is 12.5. The van der Waals surface area contributed by atoms with Crippen LogP contribution in [0.4, 0.5) is 5.69 Å². The lowest BCUT2D eigenvalue weighted by molar-refractivity contribution is -0.131. The van der Waals surface area contributed by atoms with Gasteiger partial charge in [0.1, 0.15) is 25.0 Å². The first-order valence-electron chi connectivity index (χ1n) is 11.3. The normalized spacial score (nSPS) is 16.9. The molecule has 0 unspecified atom stereocenters. The molecule has 34 heavy (non-hydrogen) atoms. The van der Waals surface area contributed by atoms with Crippen molar-refractivity contribution in [2.75, 3.05) is 25.5 Å². The molecule has 1 saturated carbocycles. The van der Waals surface area contributed by atoms with Gasteiger partial charge >= 0.3 is 0 Å². The van der Waals surface area contributed by atoms with Crippen LogP contribution in [0.2, 0.25) is 0 Å². The van der Waals surface area contributed by atoms with E-state index in [2.05, 4.69) is 15.4 Å². The summed E-state index contributed by atoms with van der Waals surface area (Å²) >= 11 is 0. The lowest BCUT2D eigenvalue weighted by atomic mass is 9.81. The van der Waals surface area contributed by atoms with Gasteiger partial charge in [-0.05, 0) is 38.0 Å². The predicted octanol–water partition coefficient (Wildman–Crippen LogP) is 2.92. The molecule has 0 bridgehead atoms. The summed E-state index contributed by atoms with van der Waals surface area (Å²) in [6.07, 6.45) is 6.17. The first-order chi connectivity index (χ1) is 16.5. The first-order valence-corrected chi connectivity index (χ1v) is 11.3. The van der Waals surface area contributed by atoms with Crippen LogP contribution in [-0.2, 0) is 16.1 Å². The number of nitrogens with zero attached hydrogens (tertiary/aromatic N) is 4. The molecule has 9 nitrogen and oxygen atoms in total. The zero-order valence-electron chi connectivity index (χ0n) is 19.4. The number of likely N-dealkylation sites (N-methyl/N-ethyl adjacent to an activating group) is 1. The van der Waals surface area contributed by atoms with Gasteiger partial charge in [-0.15, -0.1) is 0 Å². The number of ether oxygens (including phenoxy) is 2. The third-order valence-electron chi connectivity index (χ3n) is 5.73. The van der Waals surface area contributed by atoms with Gasteiger partial charge in [0, 0.05) is 31.4 Å². The van der Waals surface area contributed by atoms with E-state index in [0.717, 1.165) is 5.75 Å². The third-order valence-corrected chi connectivity index (χ3v) is 5.73. The van der Waals surface area contributed by atoms with E-state index in [4.69, 9.17) is 9.47 Å². The molecule has 1 aliphatic carbocycles. The second-order valence-electron chi connectivity index (χ2n) is 8.47. The molecular formula is C25H29N5O4. The lowest BCUT2D eigenvalue weighted by Crippen LogP contribution is -2.40. The zero-order valence-corrected chi connectivity index (χ0v) is 19.4. The molecule has 2 amide bonds. The molecule has 0 aliphatic heterocycles. The number of carbonyl (C=O) groups is 2. The molecule has 1 aliphatic rings. The molecule has 0 saturated heterocycles. The number of rotatable bonds is 10. The standard InChI is InChI=1S/C25H29N5O4/c1-18-6-8-21(9-7-18)33-12-11-29(2)24(31)17-30-16-20(15-27-30)28-25(32)19-13-22(14-19)34-23-5-3-4-10-26-23/h3-10,15-16,19,22H,11-14,17H2,1-2H3,(H,28,32). The minimum atomic E-state index is -0.113. The van der Waals surface area contributed by atoms with Crippen molar-refractivity contribution in [1.29, 1.82) is 0 Å². The Balaban J connectivity index is 1.16. The number of hydrogen-bond acceptors (Lipinski definition) is 6. The van der Waals surface area contributed by atoms with E-state index in [1.165, 1.54) is 10.2 Å². The van der Waals surface area contributed by atoms with Gasteiger partial charge in [-0.3, -0.25) is 14.3 Å². The largest absolute Gasteiger partial charge is 0.492 e. The second kappa shape index (κ2) is 10.8. The molecule has 0 radical (unpaired) electrons. The summed E-state index contributed by atoms with van der Waals surface area (Å²) < 4.78 is 13.0. The molecule has 1 aromatic carbocycles. The van der Waals surface area contributed by atoms with Gasteiger partial charge in [-0.1, -0.05) is 23.8 Å². The fourth-order valence-electron chi connectivity index (χ4n) is 3.54. The van der Waals surface area contributed by atoms with Crippen LogP contribution in [0.15, 0.2) is 61.1 Å². The van der Waals surface area contributed by atoms with Crippen LogP contribution >= 0.6 is 0 Å². The van der Waals surface area contributed by atoms with Crippen molar-refractivity contribution in [2.24, 2.45) is 5.92 Å². The number of aryl methyl sites for hydroxylation is 1. The van der Waals surface area contributed by atoms with Crippen molar-refractivity contribution < 1.29 is 19.1 Å². The number of benzene rings is 1. The molecule has 2 aromatic heterocycles. The monoisotopic (exact) mass is 463 g/mol. The van der Waals surface area contributed by atoms with Gasteiger partial charge in [0.15, 0.2) is 0 Å². The summed E-state index contributed by atoms with van der Waals surface area (Å²) in [5.41, 5.74) is 1.73. The van der Waals surface area contributed by atoms with Crippen molar-refractivity contribution in [2.45, 2.75) is 32.4 Å². The topological polar surface area (TPSA) is 98.6 Å². The van der Waals surface area contributed by atoms with Crippen LogP contribution in [0.25, 0.3) is 0 Å². The lowest BCUT2D eigenvalue weighted by Gasteiger charge is -2.33. The number of nitrogens with one attached hydrogen (secondary N) is 1. The number of carbonyl (C=O) groups excluding carboxylic acids is 2.